The van der Waals surface area contributed by atoms with Crippen LogP contribution in [0.15, 0.2) is 84.4 Å². The molecule has 0 radical (unpaired) electrons. The second-order valence-electron chi connectivity index (χ2n) is 8.70. The van der Waals surface area contributed by atoms with Crippen molar-refractivity contribution < 1.29 is 19.4 Å². The lowest BCUT2D eigenvalue weighted by Crippen LogP contribution is -2.31. The number of ketones is 1. The number of aryl methyl sites for hydroxylation is 1. The summed E-state index contributed by atoms with van der Waals surface area (Å²) in [4.78, 5) is 28.0. The molecule has 180 valence electrons. The Balaban J connectivity index is 1.72. The normalized spacial score (nSPS) is 17.1. The lowest BCUT2D eigenvalue weighted by Gasteiger charge is -2.25. The SMILES string of the molecule is CCCOc1ccc(C(O)=C2C(=O)C(=O)N(CCc3ccccc3)[C@H]2c2ccc(CC)cc2)cc1. The van der Waals surface area contributed by atoms with E-state index in [4.69, 9.17) is 4.74 Å². The van der Waals surface area contributed by atoms with Crippen LogP contribution in [-0.2, 0) is 22.4 Å². The summed E-state index contributed by atoms with van der Waals surface area (Å²) < 4.78 is 5.63. The van der Waals surface area contributed by atoms with Crippen LogP contribution >= 0.6 is 0 Å². The van der Waals surface area contributed by atoms with Crippen LogP contribution in [0.5, 0.6) is 5.75 Å². The van der Waals surface area contributed by atoms with Gasteiger partial charge in [-0.05, 0) is 60.2 Å². The summed E-state index contributed by atoms with van der Waals surface area (Å²) in [6.07, 6.45) is 2.40. The van der Waals surface area contributed by atoms with Gasteiger partial charge in [0, 0.05) is 12.1 Å². The average Bonchev–Trinajstić information content (AvgIpc) is 3.16. The molecule has 0 spiro atoms. The van der Waals surface area contributed by atoms with Crippen LogP contribution in [0.2, 0.25) is 0 Å². The minimum atomic E-state index is -0.661. The van der Waals surface area contributed by atoms with Crippen LogP contribution < -0.4 is 4.74 Å². The zero-order valence-corrected chi connectivity index (χ0v) is 20.2. The monoisotopic (exact) mass is 469 g/mol. The van der Waals surface area contributed by atoms with Gasteiger partial charge < -0.3 is 14.7 Å². The number of hydrogen-bond acceptors (Lipinski definition) is 4. The van der Waals surface area contributed by atoms with Crippen LogP contribution in [0, 0.1) is 0 Å². The molecule has 3 aromatic carbocycles. The van der Waals surface area contributed by atoms with E-state index in [2.05, 4.69) is 6.92 Å². The van der Waals surface area contributed by atoms with Crippen LogP contribution in [-0.4, -0.2) is 34.8 Å². The molecule has 0 bridgehead atoms. The maximum absolute atomic E-state index is 13.2. The smallest absolute Gasteiger partial charge is 0.295 e. The van der Waals surface area contributed by atoms with Gasteiger partial charge in [0.15, 0.2) is 0 Å². The summed E-state index contributed by atoms with van der Waals surface area (Å²) in [6, 6.07) is 24.1. The summed E-state index contributed by atoms with van der Waals surface area (Å²) in [5, 5.41) is 11.3. The number of nitrogens with zero attached hydrogens (tertiary/aromatic N) is 1. The van der Waals surface area contributed by atoms with Crippen molar-refractivity contribution >= 4 is 17.4 Å². The molecule has 0 saturated carbocycles. The highest BCUT2D eigenvalue weighted by molar-refractivity contribution is 6.46. The summed E-state index contributed by atoms with van der Waals surface area (Å²) >= 11 is 0. The predicted molar refractivity (Wildman–Crippen MR) is 137 cm³/mol. The van der Waals surface area contributed by atoms with E-state index < -0.39 is 17.7 Å². The van der Waals surface area contributed by atoms with Gasteiger partial charge in [0.1, 0.15) is 11.5 Å². The molecule has 35 heavy (non-hydrogen) atoms. The van der Waals surface area contributed by atoms with Crippen molar-refractivity contribution in [1.29, 1.82) is 0 Å². The largest absolute Gasteiger partial charge is 0.507 e. The van der Waals surface area contributed by atoms with Crippen molar-refractivity contribution in [3.05, 3.63) is 107 Å². The van der Waals surface area contributed by atoms with Crippen LogP contribution in [0.3, 0.4) is 0 Å². The Bertz CT molecular complexity index is 1200. The van der Waals surface area contributed by atoms with E-state index in [0.29, 0.717) is 30.9 Å². The number of amides is 1. The fourth-order valence-corrected chi connectivity index (χ4v) is 4.37. The summed E-state index contributed by atoms with van der Waals surface area (Å²) in [5.41, 5.74) is 3.65. The zero-order valence-electron chi connectivity index (χ0n) is 20.2. The highest BCUT2D eigenvalue weighted by Gasteiger charge is 2.45. The lowest BCUT2D eigenvalue weighted by atomic mass is 9.94. The number of aliphatic hydroxyl groups is 1. The third kappa shape index (κ3) is 5.29. The van der Waals surface area contributed by atoms with Crippen molar-refractivity contribution in [3.8, 4) is 5.75 Å². The highest BCUT2D eigenvalue weighted by atomic mass is 16.5. The molecular weight excluding hydrogens is 438 g/mol. The van der Waals surface area contributed by atoms with E-state index in [1.165, 1.54) is 0 Å². The van der Waals surface area contributed by atoms with Gasteiger partial charge in [0.2, 0.25) is 0 Å². The van der Waals surface area contributed by atoms with Crippen molar-refractivity contribution in [1.82, 2.24) is 4.90 Å². The number of hydrogen-bond donors (Lipinski definition) is 1. The van der Waals surface area contributed by atoms with Gasteiger partial charge in [0.05, 0.1) is 18.2 Å². The van der Waals surface area contributed by atoms with Crippen molar-refractivity contribution in [2.24, 2.45) is 0 Å². The van der Waals surface area contributed by atoms with E-state index >= 15 is 0 Å². The number of carbonyl (C=O) groups excluding carboxylic acids is 2. The molecule has 1 fully saturated rings. The number of ether oxygens (including phenoxy) is 1. The minimum Gasteiger partial charge on any atom is -0.507 e. The van der Waals surface area contributed by atoms with Gasteiger partial charge in [-0.25, -0.2) is 0 Å². The molecule has 0 aromatic heterocycles. The van der Waals surface area contributed by atoms with E-state index in [9.17, 15) is 14.7 Å². The third-order valence-electron chi connectivity index (χ3n) is 6.33. The molecule has 0 unspecified atom stereocenters. The summed E-state index contributed by atoms with van der Waals surface area (Å²) in [6.45, 7) is 5.08. The standard InChI is InChI=1S/C30H31NO4/c1-3-20-35-25-16-14-24(15-17-25)28(32)26-27(23-12-10-21(4-2)11-13-23)31(30(34)29(26)33)19-18-22-8-6-5-7-9-22/h5-17,27,32H,3-4,18-20H2,1-2H3/t27-/m0/s1. The number of aliphatic hydroxyl groups excluding tert-OH is 1. The first-order valence-corrected chi connectivity index (χ1v) is 12.2. The molecular formula is C30H31NO4. The van der Waals surface area contributed by atoms with E-state index in [0.717, 1.165) is 29.5 Å². The summed E-state index contributed by atoms with van der Waals surface area (Å²) in [5.74, 6) is -0.725. The number of likely N-dealkylation sites (tertiary alicyclic amines) is 1. The molecule has 5 heteroatoms. The Morgan fingerprint density at radius 2 is 1.57 bits per heavy atom. The first-order valence-electron chi connectivity index (χ1n) is 12.2. The number of Topliss-reactive ketones (excluding diaryl/α,β-unsaturated/α-hetero) is 1. The topological polar surface area (TPSA) is 66.8 Å². The minimum absolute atomic E-state index is 0.120. The molecule has 1 amide bonds. The fraction of sp³-hybridized carbons (Fsp3) is 0.267. The van der Waals surface area contributed by atoms with Crippen LogP contribution in [0.4, 0.5) is 0 Å². The average molecular weight is 470 g/mol. The fourth-order valence-electron chi connectivity index (χ4n) is 4.37. The third-order valence-corrected chi connectivity index (χ3v) is 6.33. The molecule has 1 atom stereocenters. The van der Waals surface area contributed by atoms with E-state index in [1.54, 1.807) is 29.2 Å². The van der Waals surface area contributed by atoms with E-state index in [-0.39, 0.29) is 11.3 Å². The second-order valence-corrected chi connectivity index (χ2v) is 8.70. The van der Waals surface area contributed by atoms with Gasteiger partial charge in [-0.1, -0.05) is 68.4 Å². The Morgan fingerprint density at radius 1 is 0.886 bits per heavy atom. The van der Waals surface area contributed by atoms with Gasteiger partial charge >= 0.3 is 0 Å². The number of carbonyl (C=O) groups is 2. The molecule has 1 aliphatic heterocycles. The Labute approximate surface area is 206 Å². The molecule has 1 aliphatic rings. The Morgan fingerprint density at radius 3 is 2.20 bits per heavy atom. The Hall–Kier alpha value is -3.86. The molecule has 1 N–H and O–H groups in total. The first-order chi connectivity index (χ1) is 17.0. The van der Waals surface area contributed by atoms with Crippen molar-refractivity contribution in [2.75, 3.05) is 13.2 Å². The Kier molecular flexibility index (Phi) is 7.66. The molecule has 1 saturated heterocycles. The molecule has 1 heterocycles. The predicted octanol–water partition coefficient (Wildman–Crippen LogP) is 5.70. The highest BCUT2D eigenvalue weighted by Crippen LogP contribution is 2.39. The van der Waals surface area contributed by atoms with Crippen molar-refractivity contribution in [2.45, 2.75) is 39.2 Å². The van der Waals surface area contributed by atoms with Gasteiger partial charge in [-0.2, -0.15) is 0 Å². The maximum Gasteiger partial charge on any atom is 0.295 e. The number of benzene rings is 3. The van der Waals surface area contributed by atoms with Crippen LogP contribution in [0.1, 0.15) is 48.6 Å². The maximum atomic E-state index is 13.2. The second kappa shape index (κ2) is 11.0. The van der Waals surface area contributed by atoms with Crippen LogP contribution in [0.25, 0.3) is 5.76 Å². The summed E-state index contributed by atoms with van der Waals surface area (Å²) in [7, 11) is 0. The zero-order chi connectivity index (χ0) is 24.8. The molecule has 4 rings (SSSR count). The molecule has 5 nitrogen and oxygen atoms in total. The van der Waals surface area contributed by atoms with Gasteiger partial charge in [0.25, 0.3) is 11.7 Å². The molecule has 0 aliphatic carbocycles. The number of rotatable bonds is 9. The first kappa shape index (κ1) is 24.3. The lowest BCUT2D eigenvalue weighted by molar-refractivity contribution is -0.139. The van der Waals surface area contributed by atoms with Crippen molar-refractivity contribution in [3.63, 3.8) is 0 Å². The van der Waals surface area contributed by atoms with Gasteiger partial charge in [-0.3, -0.25) is 9.59 Å². The molecule has 3 aromatic rings. The van der Waals surface area contributed by atoms with Gasteiger partial charge in [-0.15, -0.1) is 0 Å². The quantitative estimate of drug-likeness (QED) is 0.248. The van der Waals surface area contributed by atoms with E-state index in [1.807, 2.05) is 61.5 Å².